The molecule has 1 saturated heterocycles. The van der Waals surface area contributed by atoms with E-state index >= 15 is 0 Å². The minimum Gasteiger partial charge on any atom is -0.367 e. The molecule has 1 N–H and O–H groups in total. The Bertz CT molecular complexity index is 771. The topological polar surface area (TPSA) is 32.3 Å². The molecule has 3 rings (SSSR count). The van der Waals surface area contributed by atoms with Crippen LogP contribution in [0.15, 0.2) is 30.3 Å². The Labute approximate surface area is 157 Å². The van der Waals surface area contributed by atoms with Crippen molar-refractivity contribution in [2.45, 2.75) is 12.8 Å². The Morgan fingerprint density at radius 2 is 1.75 bits per heavy atom. The fourth-order valence-electron chi connectivity index (χ4n) is 2.75. The maximum Gasteiger partial charge on any atom is 0.256 e. The van der Waals surface area contributed by atoms with Gasteiger partial charge in [-0.25, -0.2) is 8.78 Å². The number of nitrogens with zero attached hydrogens (tertiary/aromatic N) is 1. The fraction of sp³-hybridized carbons (Fsp3) is 0.235. The number of nitrogens with one attached hydrogen (secondary N) is 1. The van der Waals surface area contributed by atoms with Crippen molar-refractivity contribution in [3.8, 4) is 0 Å². The third-order valence-corrected chi connectivity index (χ3v) is 5.00. The molecule has 0 atom stereocenters. The first kappa shape index (κ1) is 17.4. The van der Waals surface area contributed by atoms with Crippen LogP contribution < -0.4 is 10.2 Å². The van der Waals surface area contributed by atoms with Crippen molar-refractivity contribution in [1.29, 1.82) is 0 Å². The van der Waals surface area contributed by atoms with Crippen molar-refractivity contribution in [3.63, 3.8) is 0 Å². The second-order valence-electron chi connectivity index (χ2n) is 5.56. The van der Waals surface area contributed by atoms with Gasteiger partial charge >= 0.3 is 0 Å². The van der Waals surface area contributed by atoms with Gasteiger partial charge in [0.05, 0.1) is 5.56 Å². The van der Waals surface area contributed by atoms with Crippen LogP contribution in [0.4, 0.5) is 20.2 Å². The Hall–Kier alpha value is -1.41. The van der Waals surface area contributed by atoms with Crippen LogP contribution in [0.5, 0.6) is 0 Å². The first-order valence-corrected chi connectivity index (χ1v) is 8.92. The molecule has 1 heterocycles. The maximum absolute atomic E-state index is 14.3. The predicted octanol–water partition coefficient (Wildman–Crippen LogP) is 5.08. The largest absolute Gasteiger partial charge is 0.367 e. The zero-order valence-corrected chi connectivity index (χ0v) is 15.5. The quantitative estimate of drug-likeness (QED) is 0.646. The van der Waals surface area contributed by atoms with Crippen molar-refractivity contribution < 1.29 is 13.6 Å². The lowest BCUT2D eigenvalue weighted by atomic mass is 10.2. The summed E-state index contributed by atoms with van der Waals surface area (Å²) in [4.78, 5) is 14.0. The molecule has 2 aromatic carbocycles. The highest BCUT2D eigenvalue weighted by Crippen LogP contribution is 2.30. The molecule has 0 unspecified atom stereocenters. The number of carbonyl (C=O) groups excluding carboxylic acids is 1. The summed E-state index contributed by atoms with van der Waals surface area (Å²) in [7, 11) is 0. The van der Waals surface area contributed by atoms with Gasteiger partial charge in [0.1, 0.15) is 5.69 Å². The molecule has 0 bridgehead atoms. The minimum atomic E-state index is -0.669. The summed E-state index contributed by atoms with van der Waals surface area (Å²) in [5, 5.41) is 3.05. The molecule has 1 aliphatic heterocycles. The van der Waals surface area contributed by atoms with E-state index in [4.69, 9.17) is 11.6 Å². The summed E-state index contributed by atoms with van der Waals surface area (Å²) in [5.74, 6) is -1.78. The Morgan fingerprint density at radius 1 is 1.12 bits per heavy atom. The molecule has 0 radical (unpaired) electrons. The third kappa shape index (κ3) is 3.64. The van der Waals surface area contributed by atoms with Gasteiger partial charge in [-0.3, -0.25) is 4.79 Å². The number of anilines is 2. The SMILES string of the molecule is O=C(Nc1cc(F)c(N2CCCC2)c(F)c1)c1ccc(Cl)cc1I. The average Bonchev–Trinajstić information content (AvgIpc) is 3.00. The predicted molar refractivity (Wildman–Crippen MR) is 99.9 cm³/mol. The molecule has 3 nitrogen and oxygen atoms in total. The van der Waals surface area contributed by atoms with Crippen LogP contribution in [0.3, 0.4) is 0 Å². The van der Waals surface area contributed by atoms with Gasteiger partial charge in [0.25, 0.3) is 5.91 Å². The molecule has 7 heteroatoms. The van der Waals surface area contributed by atoms with E-state index in [1.54, 1.807) is 23.1 Å². The number of rotatable bonds is 3. The van der Waals surface area contributed by atoms with E-state index in [-0.39, 0.29) is 11.4 Å². The highest BCUT2D eigenvalue weighted by molar-refractivity contribution is 14.1. The van der Waals surface area contributed by atoms with E-state index < -0.39 is 17.5 Å². The van der Waals surface area contributed by atoms with Crippen LogP contribution >= 0.6 is 34.2 Å². The standard InChI is InChI=1S/C17H14ClF2IN2O/c18-10-3-4-12(15(21)7-10)17(24)22-11-8-13(19)16(14(20)9-11)23-5-1-2-6-23/h3-4,7-9H,1-2,5-6H2,(H,22,24). The van der Waals surface area contributed by atoms with Gasteiger partial charge in [-0.15, -0.1) is 0 Å². The van der Waals surface area contributed by atoms with Gasteiger partial charge in [-0.2, -0.15) is 0 Å². The molecular formula is C17H14ClF2IN2O. The molecule has 1 aliphatic rings. The number of halogens is 4. The average molecular weight is 463 g/mol. The summed E-state index contributed by atoms with van der Waals surface area (Å²) < 4.78 is 29.3. The fourth-order valence-corrected chi connectivity index (χ4v) is 3.87. The van der Waals surface area contributed by atoms with E-state index in [9.17, 15) is 13.6 Å². The lowest BCUT2D eigenvalue weighted by Gasteiger charge is -2.20. The van der Waals surface area contributed by atoms with Gasteiger partial charge < -0.3 is 10.2 Å². The minimum absolute atomic E-state index is 0.0217. The summed E-state index contributed by atoms with van der Waals surface area (Å²) in [6.45, 7) is 1.28. The van der Waals surface area contributed by atoms with Gasteiger partial charge in [0.15, 0.2) is 11.6 Å². The van der Waals surface area contributed by atoms with Crippen molar-refractivity contribution >= 4 is 51.5 Å². The first-order chi connectivity index (χ1) is 11.5. The Kier molecular flexibility index (Phi) is 5.24. The van der Waals surface area contributed by atoms with E-state index in [0.29, 0.717) is 27.2 Å². The molecule has 24 heavy (non-hydrogen) atoms. The third-order valence-electron chi connectivity index (χ3n) is 3.87. The molecular weight excluding hydrogens is 449 g/mol. The molecule has 0 spiro atoms. The van der Waals surface area contributed by atoms with Crippen LogP contribution in [0.2, 0.25) is 5.02 Å². The number of carbonyl (C=O) groups is 1. The summed E-state index contributed by atoms with van der Waals surface area (Å²) in [5.41, 5.74) is 0.458. The second kappa shape index (κ2) is 7.23. The lowest BCUT2D eigenvalue weighted by Crippen LogP contribution is -2.21. The zero-order chi connectivity index (χ0) is 17.3. The zero-order valence-electron chi connectivity index (χ0n) is 12.6. The van der Waals surface area contributed by atoms with Crippen LogP contribution in [0.1, 0.15) is 23.2 Å². The van der Waals surface area contributed by atoms with E-state index in [1.807, 2.05) is 22.6 Å². The van der Waals surface area contributed by atoms with Crippen molar-refractivity contribution in [2.24, 2.45) is 0 Å². The molecule has 0 saturated carbocycles. The van der Waals surface area contributed by atoms with Crippen LogP contribution in [0.25, 0.3) is 0 Å². The van der Waals surface area contributed by atoms with Gasteiger partial charge in [0, 0.05) is 27.4 Å². The number of hydrogen-bond acceptors (Lipinski definition) is 2. The van der Waals surface area contributed by atoms with Crippen molar-refractivity contribution in [2.75, 3.05) is 23.3 Å². The maximum atomic E-state index is 14.3. The van der Waals surface area contributed by atoms with Crippen LogP contribution in [-0.2, 0) is 0 Å². The lowest BCUT2D eigenvalue weighted by molar-refractivity contribution is 0.102. The van der Waals surface area contributed by atoms with Gasteiger partial charge in [-0.1, -0.05) is 11.6 Å². The van der Waals surface area contributed by atoms with Crippen molar-refractivity contribution in [1.82, 2.24) is 0 Å². The van der Waals surface area contributed by atoms with Crippen LogP contribution in [0, 0.1) is 15.2 Å². The van der Waals surface area contributed by atoms with E-state index in [1.165, 1.54) is 0 Å². The number of benzene rings is 2. The smallest absolute Gasteiger partial charge is 0.256 e. The number of amides is 1. The second-order valence-corrected chi connectivity index (χ2v) is 7.16. The molecule has 2 aromatic rings. The number of hydrogen-bond donors (Lipinski definition) is 1. The highest BCUT2D eigenvalue weighted by atomic mass is 127. The molecule has 126 valence electrons. The van der Waals surface area contributed by atoms with Crippen LogP contribution in [-0.4, -0.2) is 19.0 Å². The highest BCUT2D eigenvalue weighted by Gasteiger charge is 2.21. The van der Waals surface area contributed by atoms with E-state index in [2.05, 4.69) is 5.32 Å². The first-order valence-electron chi connectivity index (χ1n) is 7.46. The monoisotopic (exact) mass is 462 g/mol. The molecule has 1 fully saturated rings. The van der Waals surface area contributed by atoms with Gasteiger partial charge in [0.2, 0.25) is 0 Å². The van der Waals surface area contributed by atoms with Crippen molar-refractivity contribution in [3.05, 3.63) is 56.1 Å². The normalized spacial score (nSPS) is 14.1. The summed E-state index contributed by atoms with van der Waals surface area (Å²) in [6.07, 6.45) is 1.85. The van der Waals surface area contributed by atoms with E-state index in [0.717, 1.165) is 25.0 Å². The summed E-state index contributed by atoms with van der Waals surface area (Å²) in [6, 6.07) is 7.12. The molecule has 1 amide bonds. The Morgan fingerprint density at radius 3 is 2.33 bits per heavy atom. The molecule has 0 aliphatic carbocycles. The van der Waals surface area contributed by atoms with Gasteiger partial charge in [-0.05, 0) is 65.8 Å². The Balaban J connectivity index is 1.84. The summed E-state index contributed by atoms with van der Waals surface area (Å²) >= 11 is 7.85. The molecule has 0 aromatic heterocycles.